The molecule has 0 saturated carbocycles. The summed E-state index contributed by atoms with van der Waals surface area (Å²) in [6, 6.07) is 11.0. The average molecular weight is 441 g/mol. The summed E-state index contributed by atoms with van der Waals surface area (Å²) in [5, 5.41) is 0. The van der Waals surface area contributed by atoms with Crippen molar-refractivity contribution in [1.82, 2.24) is 9.88 Å². The zero-order valence-corrected chi connectivity index (χ0v) is 19.6. The molecular weight excluding hydrogens is 408 g/mol. The van der Waals surface area contributed by atoms with Crippen LogP contribution in [0.1, 0.15) is 70.2 Å². The second kappa shape index (κ2) is 9.28. The van der Waals surface area contributed by atoms with Crippen LogP contribution in [0, 0.1) is 0 Å². The largest absolute Gasteiger partial charge is 0.465 e. The van der Waals surface area contributed by atoms with Gasteiger partial charge in [-0.2, -0.15) is 0 Å². The Morgan fingerprint density at radius 3 is 2.44 bits per heavy atom. The van der Waals surface area contributed by atoms with Crippen molar-refractivity contribution in [1.29, 1.82) is 0 Å². The van der Waals surface area contributed by atoms with Crippen LogP contribution in [0.15, 0.2) is 48.8 Å². The number of ether oxygens (including phenoxy) is 3. The monoisotopic (exact) mass is 440 g/mol. The van der Waals surface area contributed by atoms with Gasteiger partial charge in [0.05, 0.1) is 19.3 Å². The van der Waals surface area contributed by atoms with Crippen LogP contribution in [-0.2, 0) is 19.0 Å². The summed E-state index contributed by atoms with van der Waals surface area (Å²) < 4.78 is 16.9. The van der Waals surface area contributed by atoms with Crippen molar-refractivity contribution in [2.45, 2.75) is 64.8 Å². The summed E-state index contributed by atoms with van der Waals surface area (Å²) in [7, 11) is 0. The third kappa shape index (κ3) is 5.27. The summed E-state index contributed by atoms with van der Waals surface area (Å²) in [5.74, 6) is -0.898. The Bertz CT molecular complexity index is 935. The van der Waals surface area contributed by atoms with Gasteiger partial charge in [0.2, 0.25) is 0 Å². The van der Waals surface area contributed by atoms with Crippen LogP contribution in [0.3, 0.4) is 0 Å². The van der Waals surface area contributed by atoms with E-state index in [4.69, 9.17) is 14.2 Å². The molecule has 0 bridgehead atoms. The van der Waals surface area contributed by atoms with Gasteiger partial charge in [0.1, 0.15) is 17.2 Å². The molecule has 1 fully saturated rings. The Hall–Kier alpha value is -2.93. The second-order valence-corrected chi connectivity index (χ2v) is 9.26. The first-order valence-corrected chi connectivity index (χ1v) is 10.9. The van der Waals surface area contributed by atoms with Crippen molar-refractivity contribution in [3.63, 3.8) is 0 Å². The number of esters is 1. The number of rotatable bonds is 5. The number of amides is 1. The number of carbonyl (C=O) groups excluding carboxylic acids is 2. The molecule has 1 saturated heterocycles. The van der Waals surface area contributed by atoms with Crippen LogP contribution in [0.2, 0.25) is 0 Å². The highest BCUT2D eigenvalue weighted by atomic mass is 16.6. The fourth-order valence-corrected chi connectivity index (χ4v) is 3.85. The van der Waals surface area contributed by atoms with Crippen LogP contribution >= 0.6 is 0 Å². The highest BCUT2D eigenvalue weighted by molar-refractivity contribution is 5.82. The van der Waals surface area contributed by atoms with Crippen molar-refractivity contribution < 1.29 is 23.8 Å². The predicted octanol–water partition coefficient (Wildman–Crippen LogP) is 4.82. The van der Waals surface area contributed by atoms with Crippen molar-refractivity contribution in [3.05, 3.63) is 65.5 Å². The molecule has 7 nitrogen and oxygen atoms in total. The number of benzene rings is 1. The standard InChI is InChI=1S/C25H32N2O5/c1-7-30-22(28)21(19-9-8-14-26-15-19)18-12-10-17(11-13-18)20-16-31-25(5,6)27(20)23(29)32-24(2,3)4/h8-15,20-21H,7,16H2,1-6H3/t20-,21?/m1/s1. The summed E-state index contributed by atoms with van der Waals surface area (Å²) in [6.07, 6.45) is 2.92. The Morgan fingerprint density at radius 1 is 1.19 bits per heavy atom. The van der Waals surface area contributed by atoms with E-state index in [0.717, 1.165) is 16.7 Å². The van der Waals surface area contributed by atoms with E-state index in [0.29, 0.717) is 13.2 Å². The number of aromatic nitrogens is 1. The lowest BCUT2D eigenvalue weighted by atomic mass is 9.91. The van der Waals surface area contributed by atoms with Crippen molar-refractivity contribution in [2.75, 3.05) is 13.2 Å². The van der Waals surface area contributed by atoms with Gasteiger partial charge in [-0.15, -0.1) is 0 Å². The minimum Gasteiger partial charge on any atom is -0.465 e. The molecule has 172 valence electrons. The third-order valence-corrected chi connectivity index (χ3v) is 5.27. The topological polar surface area (TPSA) is 78.0 Å². The minimum absolute atomic E-state index is 0.298. The number of hydrogen-bond acceptors (Lipinski definition) is 6. The highest BCUT2D eigenvalue weighted by Crippen LogP contribution is 2.38. The minimum atomic E-state index is -0.797. The SMILES string of the molecule is CCOC(=O)C(c1ccc([C@H]2COC(C)(C)N2C(=O)OC(C)(C)C)cc1)c1cccnc1. The summed E-state index contributed by atoms with van der Waals surface area (Å²) >= 11 is 0. The van der Waals surface area contributed by atoms with Crippen molar-refractivity contribution in [3.8, 4) is 0 Å². The van der Waals surface area contributed by atoms with Gasteiger partial charge < -0.3 is 14.2 Å². The predicted molar refractivity (Wildman–Crippen MR) is 120 cm³/mol. The quantitative estimate of drug-likeness (QED) is 0.620. The first kappa shape index (κ1) is 23.7. The van der Waals surface area contributed by atoms with Gasteiger partial charge in [0, 0.05) is 12.4 Å². The lowest BCUT2D eigenvalue weighted by Gasteiger charge is -2.35. The molecule has 7 heteroatoms. The molecule has 1 unspecified atom stereocenters. The van der Waals surface area contributed by atoms with Crippen LogP contribution in [0.25, 0.3) is 0 Å². The molecule has 1 aromatic heterocycles. The summed E-state index contributed by atoms with van der Waals surface area (Å²) in [4.78, 5) is 31.4. The normalized spacial score (nSPS) is 18.8. The van der Waals surface area contributed by atoms with Gasteiger partial charge >= 0.3 is 12.1 Å². The van der Waals surface area contributed by atoms with Crippen LogP contribution in [0.4, 0.5) is 4.79 Å². The number of nitrogens with zero attached hydrogens (tertiary/aromatic N) is 2. The van der Waals surface area contributed by atoms with Gasteiger partial charge in [-0.3, -0.25) is 14.7 Å². The molecule has 1 aliphatic heterocycles. The number of hydrogen-bond donors (Lipinski definition) is 0. The lowest BCUT2D eigenvalue weighted by Crippen LogP contribution is -2.47. The average Bonchev–Trinajstić information content (AvgIpc) is 3.03. The van der Waals surface area contributed by atoms with E-state index in [-0.39, 0.29) is 12.0 Å². The molecule has 0 aliphatic carbocycles. The first-order valence-electron chi connectivity index (χ1n) is 10.9. The maximum absolute atomic E-state index is 12.9. The van der Waals surface area contributed by atoms with Gasteiger partial charge in [0.15, 0.2) is 0 Å². The molecule has 2 atom stereocenters. The van der Waals surface area contributed by atoms with Crippen LogP contribution in [0.5, 0.6) is 0 Å². The Kier molecular flexibility index (Phi) is 6.88. The summed E-state index contributed by atoms with van der Waals surface area (Å²) in [6.45, 7) is 11.7. The number of pyridine rings is 1. The molecule has 1 amide bonds. The molecule has 32 heavy (non-hydrogen) atoms. The number of carbonyl (C=O) groups is 2. The maximum Gasteiger partial charge on any atom is 0.413 e. The highest BCUT2D eigenvalue weighted by Gasteiger charge is 2.46. The van der Waals surface area contributed by atoms with Crippen LogP contribution < -0.4 is 0 Å². The summed E-state index contributed by atoms with van der Waals surface area (Å²) in [5.41, 5.74) is 1.05. The molecule has 0 spiro atoms. The molecule has 2 aromatic rings. The van der Waals surface area contributed by atoms with Crippen molar-refractivity contribution in [2.24, 2.45) is 0 Å². The molecule has 3 rings (SSSR count). The van der Waals surface area contributed by atoms with Gasteiger partial charge in [-0.1, -0.05) is 30.3 Å². The van der Waals surface area contributed by atoms with E-state index in [1.54, 1.807) is 30.3 Å². The van der Waals surface area contributed by atoms with Crippen molar-refractivity contribution >= 4 is 12.1 Å². The molecule has 1 aromatic carbocycles. The van der Waals surface area contributed by atoms with Gasteiger partial charge in [-0.25, -0.2) is 4.79 Å². The molecule has 2 heterocycles. The molecule has 1 aliphatic rings. The van der Waals surface area contributed by atoms with Gasteiger partial charge in [-0.05, 0) is 64.3 Å². The first-order chi connectivity index (χ1) is 15.0. The Labute approximate surface area is 189 Å². The smallest absolute Gasteiger partial charge is 0.413 e. The van der Waals surface area contributed by atoms with E-state index >= 15 is 0 Å². The van der Waals surface area contributed by atoms with Gasteiger partial charge in [0.25, 0.3) is 0 Å². The molecular formula is C25H32N2O5. The molecule has 0 N–H and O–H groups in total. The maximum atomic E-state index is 12.9. The zero-order chi connectivity index (χ0) is 23.5. The Morgan fingerprint density at radius 2 is 1.88 bits per heavy atom. The lowest BCUT2D eigenvalue weighted by molar-refractivity contribution is -0.143. The third-order valence-electron chi connectivity index (χ3n) is 5.27. The van der Waals surface area contributed by atoms with E-state index in [9.17, 15) is 9.59 Å². The second-order valence-electron chi connectivity index (χ2n) is 9.26. The fourth-order valence-electron chi connectivity index (χ4n) is 3.85. The van der Waals surface area contributed by atoms with E-state index in [1.807, 2.05) is 65.0 Å². The van der Waals surface area contributed by atoms with E-state index in [1.165, 1.54) is 0 Å². The van der Waals surface area contributed by atoms with Crippen LogP contribution in [-0.4, -0.2) is 46.5 Å². The Balaban J connectivity index is 1.90. The zero-order valence-electron chi connectivity index (χ0n) is 19.6. The molecule has 0 radical (unpaired) electrons. The van der Waals surface area contributed by atoms with E-state index in [2.05, 4.69) is 4.98 Å². The fraction of sp³-hybridized carbons (Fsp3) is 0.480. The van der Waals surface area contributed by atoms with E-state index < -0.39 is 23.3 Å².